The zero-order chi connectivity index (χ0) is 18.7. The minimum Gasteiger partial charge on any atom is -0.492 e. The van der Waals surface area contributed by atoms with Gasteiger partial charge in [-0.25, -0.2) is 9.50 Å². The van der Waals surface area contributed by atoms with Gasteiger partial charge in [-0.2, -0.15) is 5.10 Å². The molecule has 7 rings (SSSR count). The molecule has 28 heavy (non-hydrogen) atoms. The molecule has 3 aliphatic rings. The SMILES string of the molecule is CCOc1cc(-c2ccc(N3CC4CC(C3)N4)nc2)c2c3cn[nH]c3nn2c1. The van der Waals surface area contributed by atoms with Gasteiger partial charge in [0.2, 0.25) is 0 Å². The average Bonchev–Trinajstić information content (AvgIpc) is 3.28. The summed E-state index contributed by atoms with van der Waals surface area (Å²) in [5, 5.41) is 16.2. The van der Waals surface area contributed by atoms with Crippen LogP contribution in [0.15, 0.2) is 36.8 Å². The number of pyridine rings is 2. The normalized spacial score (nSPS) is 21.2. The van der Waals surface area contributed by atoms with E-state index in [2.05, 4.69) is 43.7 Å². The molecule has 2 bridgehead atoms. The molecule has 4 aromatic rings. The van der Waals surface area contributed by atoms with Gasteiger partial charge in [0.1, 0.15) is 11.6 Å². The van der Waals surface area contributed by atoms with Crippen LogP contribution in [0.25, 0.3) is 27.7 Å². The number of anilines is 1. The van der Waals surface area contributed by atoms with E-state index >= 15 is 0 Å². The number of aromatic nitrogens is 5. The highest BCUT2D eigenvalue weighted by Crippen LogP contribution is 2.33. The summed E-state index contributed by atoms with van der Waals surface area (Å²) >= 11 is 0. The molecule has 3 fully saturated rings. The summed E-state index contributed by atoms with van der Waals surface area (Å²) in [6.07, 6.45) is 6.97. The van der Waals surface area contributed by atoms with Gasteiger partial charge in [-0.1, -0.05) is 0 Å². The molecule has 8 nitrogen and oxygen atoms in total. The maximum absolute atomic E-state index is 5.76. The lowest BCUT2D eigenvalue weighted by Crippen LogP contribution is -2.67. The van der Waals surface area contributed by atoms with Gasteiger partial charge in [0, 0.05) is 42.5 Å². The van der Waals surface area contributed by atoms with E-state index in [1.54, 1.807) is 0 Å². The first-order valence-electron chi connectivity index (χ1n) is 9.74. The van der Waals surface area contributed by atoms with Crippen molar-refractivity contribution in [3.63, 3.8) is 0 Å². The van der Waals surface area contributed by atoms with E-state index in [4.69, 9.17) is 9.72 Å². The van der Waals surface area contributed by atoms with Crippen LogP contribution < -0.4 is 15.0 Å². The fraction of sp³-hybridized carbons (Fsp3) is 0.350. The zero-order valence-electron chi connectivity index (χ0n) is 15.6. The number of piperazine rings is 1. The number of aromatic amines is 1. The molecule has 2 unspecified atom stereocenters. The van der Waals surface area contributed by atoms with Crippen LogP contribution in [0.4, 0.5) is 5.82 Å². The molecule has 142 valence electrons. The van der Waals surface area contributed by atoms with Gasteiger partial charge < -0.3 is 15.0 Å². The van der Waals surface area contributed by atoms with Crippen molar-refractivity contribution in [1.82, 2.24) is 30.1 Å². The van der Waals surface area contributed by atoms with E-state index < -0.39 is 0 Å². The second kappa shape index (κ2) is 5.93. The Balaban J connectivity index is 1.44. The van der Waals surface area contributed by atoms with Crippen LogP contribution in [0.5, 0.6) is 5.75 Å². The molecule has 0 aliphatic carbocycles. The highest BCUT2D eigenvalue weighted by molar-refractivity contribution is 6.00. The van der Waals surface area contributed by atoms with Crippen molar-refractivity contribution >= 4 is 22.4 Å². The summed E-state index contributed by atoms with van der Waals surface area (Å²) in [7, 11) is 0. The van der Waals surface area contributed by atoms with E-state index in [1.807, 2.05) is 30.0 Å². The second-order valence-electron chi connectivity index (χ2n) is 7.55. The number of H-pyrrole nitrogens is 1. The highest BCUT2D eigenvalue weighted by Gasteiger charge is 2.36. The summed E-state index contributed by atoms with van der Waals surface area (Å²) in [6, 6.07) is 7.55. The van der Waals surface area contributed by atoms with Gasteiger partial charge in [-0.3, -0.25) is 5.10 Å². The van der Waals surface area contributed by atoms with Crippen LogP contribution in [0.1, 0.15) is 13.3 Å². The van der Waals surface area contributed by atoms with Crippen molar-refractivity contribution in [3.8, 4) is 16.9 Å². The molecular weight excluding hydrogens is 354 g/mol. The van der Waals surface area contributed by atoms with Crippen LogP contribution in [0.2, 0.25) is 0 Å². The van der Waals surface area contributed by atoms with E-state index in [1.165, 1.54) is 6.42 Å². The Morgan fingerprint density at radius 3 is 2.82 bits per heavy atom. The molecular formula is C20H21N7O. The Bertz CT molecular complexity index is 1150. The minimum atomic E-state index is 0.605. The highest BCUT2D eigenvalue weighted by atomic mass is 16.5. The number of nitrogens with zero attached hydrogens (tertiary/aromatic N) is 5. The average molecular weight is 375 g/mol. The maximum Gasteiger partial charge on any atom is 0.178 e. The van der Waals surface area contributed by atoms with E-state index in [0.29, 0.717) is 18.7 Å². The molecule has 3 saturated heterocycles. The van der Waals surface area contributed by atoms with E-state index in [0.717, 1.165) is 52.3 Å². The number of ether oxygens (including phenoxy) is 1. The molecule has 3 aliphatic heterocycles. The van der Waals surface area contributed by atoms with Crippen molar-refractivity contribution in [2.24, 2.45) is 0 Å². The second-order valence-corrected chi connectivity index (χ2v) is 7.55. The standard InChI is InChI=1S/C20H21N7O/c1-2-28-15-6-16(19-17-8-22-24-20(17)25-27(19)11-15)12-3-4-18(21-7-12)26-9-13-5-14(10-26)23-13/h3-4,6-8,11,13-14,23H,2,5,9-10H2,1H3,(H,24,25). The van der Waals surface area contributed by atoms with Gasteiger partial charge in [-0.15, -0.1) is 5.10 Å². The molecule has 0 aromatic carbocycles. The van der Waals surface area contributed by atoms with Crippen LogP contribution in [-0.4, -0.2) is 56.6 Å². The third kappa shape index (κ3) is 2.37. The first-order valence-corrected chi connectivity index (χ1v) is 9.74. The maximum atomic E-state index is 5.76. The fourth-order valence-electron chi connectivity index (χ4n) is 4.44. The Hall–Kier alpha value is -3.13. The largest absolute Gasteiger partial charge is 0.492 e. The molecule has 2 atom stereocenters. The van der Waals surface area contributed by atoms with E-state index in [9.17, 15) is 0 Å². The Labute approximate surface area is 161 Å². The predicted molar refractivity (Wildman–Crippen MR) is 107 cm³/mol. The summed E-state index contributed by atoms with van der Waals surface area (Å²) in [5.41, 5.74) is 3.85. The number of hydrogen-bond donors (Lipinski definition) is 2. The Morgan fingerprint density at radius 1 is 1.21 bits per heavy atom. The number of nitrogens with one attached hydrogen (secondary N) is 2. The van der Waals surface area contributed by atoms with Gasteiger partial charge in [0.15, 0.2) is 5.65 Å². The van der Waals surface area contributed by atoms with Crippen molar-refractivity contribution in [2.45, 2.75) is 25.4 Å². The van der Waals surface area contributed by atoms with E-state index in [-0.39, 0.29) is 0 Å². The van der Waals surface area contributed by atoms with Crippen LogP contribution >= 0.6 is 0 Å². The first-order chi connectivity index (χ1) is 13.8. The lowest BCUT2D eigenvalue weighted by molar-refractivity contribution is 0.225. The topological polar surface area (TPSA) is 83.4 Å². The number of piperidine rings is 1. The quantitative estimate of drug-likeness (QED) is 0.569. The summed E-state index contributed by atoms with van der Waals surface area (Å²) in [6.45, 7) is 4.65. The van der Waals surface area contributed by atoms with Gasteiger partial charge in [-0.05, 0) is 31.5 Å². The molecule has 7 heterocycles. The van der Waals surface area contributed by atoms with Gasteiger partial charge >= 0.3 is 0 Å². The molecule has 0 amide bonds. The van der Waals surface area contributed by atoms with Gasteiger partial charge in [0.25, 0.3) is 0 Å². The van der Waals surface area contributed by atoms with Gasteiger partial charge in [0.05, 0.1) is 29.9 Å². The monoisotopic (exact) mass is 375 g/mol. The zero-order valence-corrected chi connectivity index (χ0v) is 15.6. The lowest BCUT2D eigenvalue weighted by atomic mass is 9.91. The third-order valence-corrected chi connectivity index (χ3v) is 5.72. The summed E-state index contributed by atoms with van der Waals surface area (Å²) in [5.74, 6) is 1.83. The Morgan fingerprint density at radius 2 is 2.07 bits per heavy atom. The van der Waals surface area contributed by atoms with Crippen molar-refractivity contribution in [3.05, 3.63) is 36.8 Å². The van der Waals surface area contributed by atoms with Crippen molar-refractivity contribution in [2.75, 3.05) is 24.6 Å². The molecule has 8 heteroatoms. The molecule has 0 saturated carbocycles. The number of fused-ring (bicyclic) bond motifs is 5. The molecule has 4 aromatic heterocycles. The summed E-state index contributed by atoms with van der Waals surface area (Å²) in [4.78, 5) is 7.15. The fourth-order valence-corrected chi connectivity index (χ4v) is 4.44. The molecule has 2 N–H and O–H groups in total. The van der Waals surface area contributed by atoms with Crippen LogP contribution in [-0.2, 0) is 0 Å². The third-order valence-electron chi connectivity index (χ3n) is 5.72. The summed E-state index contributed by atoms with van der Waals surface area (Å²) < 4.78 is 7.62. The Kier molecular flexibility index (Phi) is 3.37. The smallest absolute Gasteiger partial charge is 0.178 e. The molecule has 0 spiro atoms. The minimum absolute atomic E-state index is 0.605. The number of rotatable bonds is 4. The lowest BCUT2D eigenvalue weighted by Gasteiger charge is -2.48. The predicted octanol–water partition coefficient (Wildman–Crippen LogP) is 2.22. The first kappa shape index (κ1) is 15.9. The molecule has 0 radical (unpaired) electrons. The number of hydrogen-bond acceptors (Lipinski definition) is 6. The van der Waals surface area contributed by atoms with Crippen molar-refractivity contribution < 1.29 is 4.74 Å². The van der Waals surface area contributed by atoms with Crippen LogP contribution in [0, 0.1) is 0 Å². The van der Waals surface area contributed by atoms with Crippen LogP contribution in [0.3, 0.4) is 0 Å². The van der Waals surface area contributed by atoms with Crippen molar-refractivity contribution in [1.29, 1.82) is 0 Å².